The van der Waals surface area contributed by atoms with Crippen molar-refractivity contribution < 1.29 is 19.1 Å². The zero-order valence-electron chi connectivity index (χ0n) is 12.6. The first-order valence-corrected chi connectivity index (χ1v) is 7.12. The van der Waals surface area contributed by atoms with Gasteiger partial charge in [0.25, 0.3) is 5.91 Å². The quantitative estimate of drug-likeness (QED) is 0.815. The van der Waals surface area contributed by atoms with Crippen molar-refractivity contribution in [1.82, 2.24) is 5.32 Å². The molecule has 0 saturated heterocycles. The molecule has 0 unspecified atom stereocenters. The molecule has 1 N–H and O–H groups in total. The van der Waals surface area contributed by atoms with E-state index in [0.29, 0.717) is 17.2 Å². The topological polar surface area (TPSA) is 64.6 Å². The van der Waals surface area contributed by atoms with Crippen molar-refractivity contribution in [3.05, 3.63) is 29.3 Å². The summed E-state index contributed by atoms with van der Waals surface area (Å²) in [5.41, 5.74) is 1.26. The predicted octanol–water partition coefficient (Wildman–Crippen LogP) is 2.08. The Morgan fingerprint density at radius 1 is 1.38 bits per heavy atom. The standard InChI is InChI=1S/C16H21NO4/c1-10-4-7-14(20-3)13(8-10)16(19)21-9-15(18)17-11(2)12-5-6-12/h4,7-8,11-12H,5-6,9H2,1-3H3,(H,17,18)/t11-/m1/s1. The summed E-state index contributed by atoms with van der Waals surface area (Å²) in [5.74, 6) is 0.193. The molecule has 0 aliphatic heterocycles. The number of hydrogen-bond acceptors (Lipinski definition) is 4. The van der Waals surface area contributed by atoms with Gasteiger partial charge in [-0.25, -0.2) is 4.79 Å². The summed E-state index contributed by atoms with van der Waals surface area (Å²) < 4.78 is 10.2. The van der Waals surface area contributed by atoms with Gasteiger partial charge in [-0.2, -0.15) is 0 Å². The van der Waals surface area contributed by atoms with Crippen molar-refractivity contribution in [2.75, 3.05) is 13.7 Å². The molecule has 21 heavy (non-hydrogen) atoms. The number of rotatable bonds is 6. The van der Waals surface area contributed by atoms with Crippen LogP contribution in [0.1, 0.15) is 35.7 Å². The highest BCUT2D eigenvalue weighted by Gasteiger charge is 2.29. The average molecular weight is 291 g/mol. The van der Waals surface area contributed by atoms with E-state index >= 15 is 0 Å². The molecule has 1 aliphatic rings. The minimum atomic E-state index is -0.551. The molecule has 5 heteroatoms. The lowest BCUT2D eigenvalue weighted by molar-refractivity contribution is -0.125. The molecule has 1 fully saturated rings. The number of amides is 1. The normalized spacial score (nSPS) is 15.2. The van der Waals surface area contributed by atoms with Crippen molar-refractivity contribution in [2.24, 2.45) is 5.92 Å². The van der Waals surface area contributed by atoms with Gasteiger partial charge in [0, 0.05) is 6.04 Å². The van der Waals surface area contributed by atoms with Crippen LogP contribution in [0.25, 0.3) is 0 Å². The second kappa shape index (κ2) is 6.61. The van der Waals surface area contributed by atoms with Crippen LogP contribution in [0.3, 0.4) is 0 Å². The maximum absolute atomic E-state index is 12.0. The molecule has 1 aliphatic carbocycles. The van der Waals surface area contributed by atoms with Crippen molar-refractivity contribution >= 4 is 11.9 Å². The van der Waals surface area contributed by atoms with Gasteiger partial charge < -0.3 is 14.8 Å². The number of ether oxygens (including phenoxy) is 2. The van der Waals surface area contributed by atoms with Gasteiger partial charge in [0.2, 0.25) is 0 Å². The summed E-state index contributed by atoms with van der Waals surface area (Å²) in [6, 6.07) is 5.39. The SMILES string of the molecule is COc1ccc(C)cc1C(=O)OCC(=O)N[C@H](C)C1CC1. The lowest BCUT2D eigenvalue weighted by Crippen LogP contribution is -2.37. The van der Waals surface area contributed by atoms with Gasteiger partial charge in [-0.15, -0.1) is 0 Å². The smallest absolute Gasteiger partial charge is 0.342 e. The van der Waals surface area contributed by atoms with E-state index in [4.69, 9.17) is 9.47 Å². The lowest BCUT2D eigenvalue weighted by atomic mass is 10.1. The van der Waals surface area contributed by atoms with E-state index in [1.807, 2.05) is 19.9 Å². The van der Waals surface area contributed by atoms with Gasteiger partial charge in [-0.3, -0.25) is 4.79 Å². The number of benzene rings is 1. The zero-order valence-corrected chi connectivity index (χ0v) is 12.6. The molecule has 0 bridgehead atoms. The van der Waals surface area contributed by atoms with E-state index < -0.39 is 5.97 Å². The monoisotopic (exact) mass is 291 g/mol. The number of nitrogens with one attached hydrogen (secondary N) is 1. The fraction of sp³-hybridized carbons (Fsp3) is 0.500. The van der Waals surface area contributed by atoms with Crippen LogP contribution in [0, 0.1) is 12.8 Å². The molecule has 1 aromatic rings. The summed E-state index contributed by atoms with van der Waals surface area (Å²) in [7, 11) is 1.49. The van der Waals surface area contributed by atoms with Crippen LogP contribution < -0.4 is 10.1 Å². The minimum absolute atomic E-state index is 0.143. The number of hydrogen-bond donors (Lipinski definition) is 1. The highest BCUT2D eigenvalue weighted by atomic mass is 16.5. The molecule has 0 aromatic heterocycles. The van der Waals surface area contributed by atoms with Crippen LogP contribution in [0.2, 0.25) is 0 Å². The van der Waals surface area contributed by atoms with Crippen LogP contribution in [0.15, 0.2) is 18.2 Å². The Labute approximate surface area is 124 Å². The summed E-state index contributed by atoms with van der Waals surface area (Å²) in [6.07, 6.45) is 2.31. The van der Waals surface area contributed by atoms with Crippen LogP contribution in [-0.2, 0) is 9.53 Å². The second-order valence-electron chi connectivity index (χ2n) is 5.47. The van der Waals surface area contributed by atoms with Crippen LogP contribution in [-0.4, -0.2) is 31.6 Å². The third-order valence-electron chi connectivity index (χ3n) is 3.63. The predicted molar refractivity (Wildman–Crippen MR) is 78.3 cm³/mol. The molecular weight excluding hydrogens is 270 g/mol. The first-order valence-electron chi connectivity index (χ1n) is 7.12. The van der Waals surface area contributed by atoms with Crippen LogP contribution in [0.5, 0.6) is 5.75 Å². The molecule has 2 rings (SSSR count). The van der Waals surface area contributed by atoms with Gasteiger partial charge >= 0.3 is 5.97 Å². The Morgan fingerprint density at radius 2 is 2.10 bits per heavy atom. The van der Waals surface area contributed by atoms with Crippen LogP contribution >= 0.6 is 0 Å². The maximum Gasteiger partial charge on any atom is 0.342 e. The zero-order chi connectivity index (χ0) is 15.4. The molecule has 114 valence electrons. The summed E-state index contributed by atoms with van der Waals surface area (Å²) in [4.78, 5) is 23.8. The van der Waals surface area contributed by atoms with Gasteiger partial charge in [-0.1, -0.05) is 11.6 Å². The Bertz CT molecular complexity index is 537. The maximum atomic E-state index is 12.0. The fourth-order valence-electron chi connectivity index (χ4n) is 2.20. The fourth-order valence-corrected chi connectivity index (χ4v) is 2.20. The molecule has 5 nitrogen and oxygen atoms in total. The Balaban J connectivity index is 1.89. The number of carbonyl (C=O) groups is 2. The molecule has 0 spiro atoms. The molecular formula is C16H21NO4. The van der Waals surface area contributed by atoms with Gasteiger partial charge in [0.05, 0.1) is 7.11 Å². The van der Waals surface area contributed by atoms with E-state index in [-0.39, 0.29) is 18.6 Å². The number of carbonyl (C=O) groups excluding carboxylic acids is 2. The van der Waals surface area contributed by atoms with Crippen LogP contribution in [0.4, 0.5) is 0 Å². The largest absolute Gasteiger partial charge is 0.496 e. The molecule has 0 radical (unpaired) electrons. The van der Waals surface area contributed by atoms with E-state index in [2.05, 4.69) is 5.32 Å². The molecule has 1 saturated carbocycles. The van der Waals surface area contributed by atoms with Crippen molar-refractivity contribution in [3.8, 4) is 5.75 Å². The van der Waals surface area contributed by atoms with E-state index in [1.165, 1.54) is 7.11 Å². The molecule has 1 amide bonds. The molecule has 1 aromatic carbocycles. The lowest BCUT2D eigenvalue weighted by Gasteiger charge is -2.13. The van der Waals surface area contributed by atoms with Gasteiger partial charge in [0.1, 0.15) is 11.3 Å². The first kappa shape index (κ1) is 15.4. The first-order chi connectivity index (χ1) is 10.0. The van der Waals surface area contributed by atoms with E-state index in [1.54, 1.807) is 12.1 Å². The Kier molecular flexibility index (Phi) is 4.83. The molecule has 0 heterocycles. The third kappa shape index (κ3) is 4.21. The number of esters is 1. The third-order valence-corrected chi connectivity index (χ3v) is 3.63. The summed E-state index contributed by atoms with van der Waals surface area (Å²) in [6.45, 7) is 3.58. The van der Waals surface area contributed by atoms with Gasteiger partial charge in [-0.05, 0) is 44.7 Å². The Hall–Kier alpha value is -2.04. The van der Waals surface area contributed by atoms with E-state index in [0.717, 1.165) is 18.4 Å². The Morgan fingerprint density at radius 3 is 2.71 bits per heavy atom. The number of aryl methyl sites for hydroxylation is 1. The van der Waals surface area contributed by atoms with Gasteiger partial charge in [0.15, 0.2) is 6.61 Å². The highest BCUT2D eigenvalue weighted by Crippen LogP contribution is 2.32. The average Bonchev–Trinajstić information content (AvgIpc) is 3.29. The minimum Gasteiger partial charge on any atom is -0.496 e. The summed E-state index contributed by atoms with van der Waals surface area (Å²) >= 11 is 0. The van der Waals surface area contributed by atoms with Crippen molar-refractivity contribution in [2.45, 2.75) is 32.7 Å². The van der Waals surface area contributed by atoms with E-state index in [9.17, 15) is 9.59 Å². The van der Waals surface area contributed by atoms with Crippen molar-refractivity contribution in [3.63, 3.8) is 0 Å². The summed E-state index contributed by atoms with van der Waals surface area (Å²) in [5, 5.41) is 2.84. The van der Waals surface area contributed by atoms with Crippen molar-refractivity contribution in [1.29, 1.82) is 0 Å². The number of methoxy groups -OCH3 is 1. The second-order valence-corrected chi connectivity index (χ2v) is 5.47. The highest BCUT2D eigenvalue weighted by molar-refractivity contribution is 5.94. The molecule has 1 atom stereocenters.